The Morgan fingerprint density at radius 3 is 2.75 bits per heavy atom. The second-order valence-corrected chi connectivity index (χ2v) is 5.92. The summed E-state index contributed by atoms with van der Waals surface area (Å²) in [5, 5.41) is 1.38. The van der Waals surface area contributed by atoms with Crippen molar-refractivity contribution in [2.45, 2.75) is 32.9 Å². The third-order valence-electron chi connectivity index (χ3n) is 2.69. The zero-order chi connectivity index (χ0) is 14.9. The molecule has 0 saturated carbocycles. The zero-order valence-corrected chi connectivity index (χ0v) is 12.4. The lowest BCUT2D eigenvalue weighted by molar-refractivity contribution is 0.0544. The summed E-state index contributed by atoms with van der Waals surface area (Å²) < 4.78 is 6.78. The van der Waals surface area contributed by atoms with Crippen molar-refractivity contribution in [3.05, 3.63) is 46.4 Å². The first-order valence-corrected chi connectivity index (χ1v) is 6.55. The van der Waals surface area contributed by atoms with E-state index in [2.05, 4.69) is 4.85 Å². The minimum atomic E-state index is -0.577. The van der Waals surface area contributed by atoms with Crippen LogP contribution in [0.15, 0.2) is 24.4 Å². The first-order chi connectivity index (χ1) is 9.31. The van der Waals surface area contributed by atoms with Gasteiger partial charge in [0.1, 0.15) is 5.60 Å². The maximum atomic E-state index is 12.2. The molecule has 104 valence electrons. The maximum Gasteiger partial charge on any atom is 0.419 e. The Hall–Kier alpha value is -1.99. The summed E-state index contributed by atoms with van der Waals surface area (Å²) >= 11 is 5.99. The number of hydrogen-bond acceptors (Lipinski definition) is 2. The molecule has 4 nitrogen and oxygen atoms in total. The van der Waals surface area contributed by atoms with E-state index < -0.39 is 11.7 Å². The first-order valence-electron chi connectivity index (χ1n) is 6.18. The van der Waals surface area contributed by atoms with Gasteiger partial charge in [-0.25, -0.2) is 11.4 Å². The van der Waals surface area contributed by atoms with Crippen LogP contribution in [0.3, 0.4) is 0 Å². The van der Waals surface area contributed by atoms with Crippen molar-refractivity contribution in [3.63, 3.8) is 0 Å². The maximum absolute atomic E-state index is 12.2. The van der Waals surface area contributed by atoms with Gasteiger partial charge >= 0.3 is 6.09 Å². The number of ether oxygens (including phenoxy) is 1. The van der Waals surface area contributed by atoms with Gasteiger partial charge in [-0.1, -0.05) is 17.7 Å². The van der Waals surface area contributed by atoms with Crippen molar-refractivity contribution >= 4 is 28.6 Å². The van der Waals surface area contributed by atoms with Crippen molar-refractivity contribution in [3.8, 4) is 0 Å². The van der Waals surface area contributed by atoms with Gasteiger partial charge in [0.05, 0.1) is 11.1 Å². The van der Waals surface area contributed by atoms with Crippen LogP contribution in [-0.2, 0) is 11.3 Å². The summed E-state index contributed by atoms with van der Waals surface area (Å²) in [7, 11) is 0. The van der Waals surface area contributed by atoms with E-state index in [4.69, 9.17) is 22.9 Å². The highest BCUT2D eigenvalue weighted by Crippen LogP contribution is 2.26. The molecule has 0 spiro atoms. The first kappa shape index (κ1) is 14.4. The molecule has 0 amide bonds. The average molecular weight is 291 g/mol. The summed E-state index contributed by atoms with van der Waals surface area (Å²) in [5.74, 6) is 0. The fraction of sp³-hybridized carbons (Fsp3) is 0.333. The molecular formula is C15H15ClN2O2. The summed E-state index contributed by atoms with van der Waals surface area (Å²) in [4.78, 5) is 15.6. The number of hydrogen-bond donors (Lipinski definition) is 0. The molecule has 0 radical (unpaired) electrons. The molecule has 0 unspecified atom stereocenters. The monoisotopic (exact) mass is 290 g/mol. The predicted octanol–water partition coefficient (Wildman–Crippen LogP) is 4.50. The Morgan fingerprint density at radius 1 is 1.45 bits per heavy atom. The van der Waals surface area contributed by atoms with Crippen LogP contribution in [0.5, 0.6) is 0 Å². The number of halogens is 1. The molecule has 2 aromatic rings. The standard InChI is InChI=1S/C15H15ClN2O2/c1-15(2,3)20-14(19)18-9-10(8-17-4)12-6-5-11(16)7-13(12)18/h5-7,9H,8H2,1-3H3. The molecule has 0 atom stereocenters. The molecule has 0 N–H and O–H groups in total. The van der Waals surface area contributed by atoms with Gasteiger partial charge in [-0.15, -0.1) is 0 Å². The number of benzene rings is 1. The fourth-order valence-electron chi connectivity index (χ4n) is 1.94. The molecule has 1 aromatic carbocycles. The largest absolute Gasteiger partial charge is 0.443 e. The summed E-state index contributed by atoms with van der Waals surface area (Å²) in [6.07, 6.45) is 1.17. The van der Waals surface area contributed by atoms with E-state index in [1.807, 2.05) is 26.8 Å². The minimum absolute atomic E-state index is 0.216. The number of carbonyl (C=O) groups is 1. The number of rotatable bonds is 1. The highest BCUT2D eigenvalue weighted by molar-refractivity contribution is 6.31. The number of aromatic nitrogens is 1. The SMILES string of the molecule is [C-]#[N+]Cc1cn(C(=O)OC(C)(C)C)c2cc(Cl)ccc12. The van der Waals surface area contributed by atoms with Crippen LogP contribution in [-0.4, -0.2) is 16.3 Å². The van der Waals surface area contributed by atoms with Crippen LogP contribution in [0.1, 0.15) is 26.3 Å². The second kappa shape index (κ2) is 5.18. The third kappa shape index (κ3) is 2.94. The Bertz CT molecular complexity index is 705. The van der Waals surface area contributed by atoms with E-state index in [9.17, 15) is 4.79 Å². The third-order valence-corrected chi connectivity index (χ3v) is 2.92. The molecule has 1 heterocycles. The van der Waals surface area contributed by atoms with Crippen molar-refractivity contribution in [2.24, 2.45) is 0 Å². The fourth-order valence-corrected chi connectivity index (χ4v) is 2.11. The Labute approximate surface area is 122 Å². The van der Waals surface area contributed by atoms with E-state index >= 15 is 0 Å². The van der Waals surface area contributed by atoms with Gasteiger partial charge in [-0.2, -0.15) is 0 Å². The lowest BCUT2D eigenvalue weighted by Gasteiger charge is -2.19. The van der Waals surface area contributed by atoms with Gasteiger partial charge in [0.25, 0.3) is 0 Å². The molecule has 0 aliphatic heterocycles. The van der Waals surface area contributed by atoms with Crippen LogP contribution in [0, 0.1) is 6.57 Å². The lowest BCUT2D eigenvalue weighted by Crippen LogP contribution is -2.26. The molecule has 1 aromatic heterocycles. The molecule has 20 heavy (non-hydrogen) atoms. The Balaban J connectivity index is 2.55. The topological polar surface area (TPSA) is 35.6 Å². The van der Waals surface area contributed by atoms with Crippen LogP contribution in [0.4, 0.5) is 4.79 Å². The molecule has 0 fully saturated rings. The smallest absolute Gasteiger partial charge is 0.419 e. The molecule has 0 aliphatic rings. The summed E-state index contributed by atoms with van der Waals surface area (Å²) in [6.45, 7) is 12.6. The zero-order valence-electron chi connectivity index (χ0n) is 11.6. The number of nitrogens with zero attached hydrogens (tertiary/aromatic N) is 2. The van der Waals surface area contributed by atoms with Crippen molar-refractivity contribution in [1.29, 1.82) is 0 Å². The van der Waals surface area contributed by atoms with Gasteiger partial charge in [0, 0.05) is 16.6 Å². The van der Waals surface area contributed by atoms with Crippen molar-refractivity contribution in [1.82, 2.24) is 4.57 Å². The van der Waals surface area contributed by atoms with Gasteiger partial charge in [0.15, 0.2) is 0 Å². The average Bonchev–Trinajstić information content (AvgIpc) is 2.66. The van der Waals surface area contributed by atoms with E-state index in [-0.39, 0.29) is 6.54 Å². The summed E-state index contributed by atoms with van der Waals surface area (Å²) in [6, 6.07) is 5.27. The van der Waals surface area contributed by atoms with Gasteiger partial charge in [-0.3, -0.25) is 4.57 Å². The van der Waals surface area contributed by atoms with Crippen LogP contribution >= 0.6 is 11.6 Å². The number of fused-ring (bicyclic) bond motifs is 1. The van der Waals surface area contributed by atoms with E-state index in [1.165, 1.54) is 4.57 Å². The quantitative estimate of drug-likeness (QED) is 0.725. The molecule has 0 aliphatic carbocycles. The molecule has 5 heteroatoms. The molecule has 0 bridgehead atoms. The predicted molar refractivity (Wildman–Crippen MR) is 78.9 cm³/mol. The van der Waals surface area contributed by atoms with Crippen LogP contribution in [0.25, 0.3) is 15.7 Å². The Kier molecular flexibility index (Phi) is 3.74. The normalized spacial score (nSPS) is 11.3. The van der Waals surface area contributed by atoms with Gasteiger partial charge in [0.2, 0.25) is 6.54 Å². The lowest BCUT2D eigenvalue weighted by atomic mass is 10.2. The van der Waals surface area contributed by atoms with Crippen LogP contribution in [0.2, 0.25) is 5.02 Å². The highest BCUT2D eigenvalue weighted by atomic mass is 35.5. The summed E-state index contributed by atoms with van der Waals surface area (Å²) in [5.41, 5.74) is 0.870. The van der Waals surface area contributed by atoms with E-state index in [0.717, 1.165) is 10.9 Å². The molecule has 2 rings (SSSR count). The Morgan fingerprint density at radius 2 is 2.15 bits per heavy atom. The van der Waals surface area contributed by atoms with Gasteiger partial charge in [-0.05, 0) is 32.9 Å². The number of carbonyl (C=O) groups excluding carboxylic acids is 1. The van der Waals surface area contributed by atoms with Crippen molar-refractivity contribution in [2.75, 3.05) is 0 Å². The molecule has 0 saturated heterocycles. The minimum Gasteiger partial charge on any atom is -0.443 e. The van der Waals surface area contributed by atoms with Gasteiger partial charge < -0.3 is 9.58 Å². The second-order valence-electron chi connectivity index (χ2n) is 5.48. The van der Waals surface area contributed by atoms with E-state index in [1.54, 1.807) is 18.3 Å². The highest BCUT2D eigenvalue weighted by Gasteiger charge is 2.21. The molecular weight excluding hydrogens is 276 g/mol. The van der Waals surface area contributed by atoms with E-state index in [0.29, 0.717) is 10.5 Å². The van der Waals surface area contributed by atoms with Crippen molar-refractivity contribution < 1.29 is 9.53 Å². The van der Waals surface area contributed by atoms with Crippen LogP contribution < -0.4 is 0 Å².